The molecule has 8 heteroatoms. The molecule has 20 heavy (non-hydrogen) atoms. The van der Waals surface area contributed by atoms with Gasteiger partial charge in [0.1, 0.15) is 0 Å². The van der Waals surface area contributed by atoms with Crippen LogP contribution in [0.1, 0.15) is 25.0 Å². The van der Waals surface area contributed by atoms with Crippen molar-refractivity contribution < 1.29 is 22.7 Å². The number of anilines is 1. The van der Waals surface area contributed by atoms with E-state index in [2.05, 4.69) is 4.72 Å². The Kier molecular flexibility index (Phi) is 3.93. The van der Waals surface area contributed by atoms with Crippen molar-refractivity contribution in [3.63, 3.8) is 0 Å². The average molecular weight is 298 g/mol. The standard InChI is InChI=1S/C12H14N2O5S/c1-2-7-20(17,18)14-9-5-3-8(4-6-9)10-11(15)13-12(16)19-10/h3-6,10,14H,2,7H2,1H3,(H,13,15,16). The van der Waals surface area contributed by atoms with Crippen LogP contribution in [-0.2, 0) is 19.6 Å². The number of nitrogens with one attached hydrogen (secondary N) is 2. The summed E-state index contributed by atoms with van der Waals surface area (Å²) in [4.78, 5) is 22.3. The Morgan fingerprint density at radius 2 is 1.90 bits per heavy atom. The molecule has 0 saturated carbocycles. The zero-order valence-corrected chi connectivity index (χ0v) is 11.6. The van der Waals surface area contributed by atoms with Gasteiger partial charge in [0, 0.05) is 11.3 Å². The van der Waals surface area contributed by atoms with E-state index in [-0.39, 0.29) is 5.75 Å². The molecule has 2 N–H and O–H groups in total. The van der Waals surface area contributed by atoms with E-state index in [1.54, 1.807) is 6.92 Å². The van der Waals surface area contributed by atoms with Crippen LogP contribution >= 0.6 is 0 Å². The predicted octanol–water partition coefficient (Wildman–Crippen LogP) is 1.15. The Labute approximate surface area is 116 Å². The van der Waals surface area contributed by atoms with E-state index < -0.39 is 28.1 Å². The Balaban J connectivity index is 2.11. The number of imide groups is 1. The molecule has 0 radical (unpaired) electrons. The molecule has 108 valence electrons. The number of ether oxygens (including phenoxy) is 1. The van der Waals surface area contributed by atoms with Gasteiger partial charge in [0.15, 0.2) is 0 Å². The van der Waals surface area contributed by atoms with Crippen molar-refractivity contribution in [2.45, 2.75) is 19.4 Å². The van der Waals surface area contributed by atoms with Crippen molar-refractivity contribution in [1.29, 1.82) is 0 Å². The summed E-state index contributed by atoms with van der Waals surface area (Å²) in [7, 11) is -3.35. The molecule has 1 heterocycles. The summed E-state index contributed by atoms with van der Waals surface area (Å²) in [6.07, 6.45) is -1.25. The maximum absolute atomic E-state index is 11.6. The Bertz CT molecular complexity index is 624. The molecule has 1 atom stereocenters. The van der Waals surface area contributed by atoms with Gasteiger partial charge >= 0.3 is 6.09 Å². The molecule has 2 amide bonds. The van der Waals surface area contributed by atoms with Crippen LogP contribution in [-0.4, -0.2) is 26.2 Å². The number of amides is 2. The summed E-state index contributed by atoms with van der Waals surface area (Å²) in [6.45, 7) is 1.77. The molecule has 0 aliphatic carbocycles. The quantitative estimate of drug-likeness (QED) is 0.849. The average Bonchev–Trinajstić information content (AvgIpc) is 2.69. The second-order valence-electron chi connectivity index (χ2n) is 4.32. The number of cyclic esters (lactones) is 1. The largest absolute Gasteiger partial charge is 0.431 e. The van der Waals surface area contributed by atoms with E-state index >= 15 is 0 Å². The molecule has 2 rings (SSSR count). The third-order valence-corrected chi connectivity index (χ3v) is 4.14. The fraction of sp³-hybridized carbons (Fsp3) is 0.333. The third-order valence-electron chi connectivity index (χ3n) is 2.65. The van der Waals surface area contributed by atoms with Crippen LogP contribution < -0.4 is 10.0 Å². The first-order chi connectivity index (χ1) is 9.41. The van der Waals surface area contributed by atoms with Crippen molar-refractivity contribution >= 4 is 27.7 Å². The maximum atomic E-state index is 11.6. The van der Waals surface area contributed by atoms with Gasteiger partial charge in [-0.1, -0.05) is 19.1 Å². The summed E-state index contributed by atoms with van der Waals surface area (Å²) in [5, 5.41) is 2.02. The maximum Gasteiger partial charge on any atom is 0.415 e. The minimum absolute atomic E-state index is 0.0391. The molecule has 7 nitrogen and oxygen atoms in total. The van der Waals surface area contributed by atoms with E-state index in [4.69, 9.17) is 4.74 Å². The van der Waals surface area contributed by atoms with Gasteiger partial charge in [0.25, 0.3) is 5.91 Å². The fourth-order valence-electron chi connectivity index (χ4n) is 1.80. The van der Waals surface area contributed by atoms with Crippen LogP contribution in [0, 0.1) is 0 Å². The van der Waals surface area contributed by atoms with Gasteiger partial charge in [-0.05, 0) is 18.6 Å². The lowest BCUT2D eigenvalue weighted by atomic mass is 10.1. The van der Waals surface area contributed by atoms with Gasteiger partial charge in [-0.3, -0.25) is 14.8 Å². The molecule has 1 aromatic carbocycles. The number of carbonyl (C=O) groups is 2. The van der Waals surface area contributed by atoms with Crippen LogP contribution in [0.25, 0.3) is 0 Å². The second-order valence-corrected chi connectivity index (χ2v) is 6.16. The summed E-state index contributed by atoms with van der Waals surface area (Å²) in [5.74, 6) is -0.494. The summed E-state index contributed by atoms with van der Waals surface area (Å²) < 4.78 is 30.4. The van der Waals surface area contributed by atoms with Gasteiger partial charge < -0.3 is 4.74 Å². The first kappa shape index (κ1) is 14.3. The smallest absolute Gasteiger partial charge is 0.415 e. The lowest BCUT2D eigenvalue weighted by Gasteiger charge is -2.09. The molecule has 1 aliphatic heterocycles. The summed E-state index contributed by atoms with van der Waals surface area (Å²) in [5.41, 5.74) is 0.874. The van der Waals surface area contributed by atoms with Crippen molar-refractivity contribution in [2.75, 3.05) is 10.5 Å². The van der Waals surface area contributed by atoms with Crippen LogP contribution in [0.5, 0.6) is 0 Å². The Hall–Kier alpha value is -2.09. The Morgan fingerprint density at radius 3 is 2.40 bits per heavy atom. The van der Waals surface area contributed by atoms with Crippen molar-refractivity contribution in [2.24, 2.45) is 0 Å². The first-order valence-corrected chi connectivity index (χ1v) is 7.68. The number of benzene rings is 1. The lowest BCUT2D eigenvalue weighted by Crippen LogP contribution is -2.20. The zero-order chi connectivity index (χ0) is 14.8. The normalized spacial score (nSPS) is 18.6. The number of sulfonamides is 1. The van der Waals surface area contributed by atoms with Gasteiger partial charge in [0.2, 0.25) is 16.1 Å². The summed E-state index contributed by atoms with van der Waals surface area (Å²) in [6, 6.07) is 6.10. The lowest BCUT2D eigenvalue weighted by molar-refractivity contribution is -0.123. The van der Waals surface area contributed by atoms with E-state index in [0.717, 1.165) is 0 Å². The number of rotatable bonds is 5. The van der Waals surface area contributed by atoms with Crippen LogP contribution in [0.3, 0.4) is 0 Å². The van der Waals surface area contributed by atoms with Gasteiger partial charge in [-0.15, -0.1) is 0 Å². The molecular weight excluding hydrogens is 284 g/mol. The second kappa shape index (κ2) is 5.49. The highest BCUT2D eigenvalue weighted by atomic mass is 32.2. The SMILES string of the molecule is CCCS(=O)(=O)Nc1ccc(C2OC(=O)NC2=O)cc1. The van der Waals surface area contributed by atoms with E-state index in [9.17, 15) is 18.0 Å². The predicted molar refractivity (Wildman–Crippen MR) is 71.5 cm³/mol. The van der Waals surface area contributed by atoms with E-state index in [1.807, 2.05) is 5.32 Å². The number of alkyl carbamates (subject to hydrolysis) is 1. The van der Waals surface area contributed by atoms with Gasteiger partial charge in [-0.25, -0.2) is 13.2 Å². The molecule has 0 spiro atoms. The van der Waals surface area contributed by atoms with Crippen molar-refractivity contribution in [3.05, 3.63) is 29.8 Å². The van der Waals surface area contributed by atoms with Gasteiger partial charge in [0.05, 0.1) is 5.75 Å². The van der Waals surface area contributed by atoms with Crippen LogP contribution in [0.2, 0.25) is 0 Å². The highest BCUT2D eigenvalue weighted by Gasteiger charge is 2.33. The zero-order valence-electron chi connectivity index (χ0n) is 10.8. The highest BCUT2D eigenvalue weighted by molar-refractivity contribution is 7.92. The minimum atomic E-state index is -3.35. The fourth-order valence-corrected chi connectivity index (χ4v) is 2.94. The molecule has 0 bridgehead atoms. The molecule has 1 unspecified atom stereocenters. The molecule has 1 saturated heterocycles. The highest BCUT2D eigenvalue weighted by Crippen LogP contribution is 2.23. The molecular formula is C12H14N2O5S. The topological polar surface area (TPSA) is 102 Å². The summed E-state index contributed by atoms with van der Waals surface area (Å²) >= 11 is 0. The molecule has 1 aromatic rings. The van der Waals surface area contributed by atoms with Crippen LogP contribution in [0.4, 0.5) is 10.5 Å². The third kappa shape index (κ3) is 3.27. The number of hydrogen-bond acceptors (Lipinski definition) is 5. The molecule has 0 aromatic heterocycles. The number of hydrogen-bond donors (Lipinski definition) is 2. The monoisotopic (exact) mass is 298 g/mol. The first-order valence-electron chi connectivity index (χ1n) is 6.03. The minimum Gasteiger partial charge on any atom is -0.431 e. The van der Waals surface area contributed by atoms with Crippen molar-refractivity contribution in [3.8, 4) is 0 Å². The van der Waals surface area contributed by atoms with E-state index in [0.29, 0.717) is 17.7 Å². The molecule has 1 fully saturated rings. The molecule has 1 aliphatic rings. The van der Waals surface area contributed by atoms with Crippen molar-refractivity contribution in [1.82, 2.24) is 5.32 Å². The van der Waals surface area contributed by atoms with E-state index in [1.165, 1.54) is 24.3 Å². The Morgan fingerprint density at radius 1 is 1.25 bits per heavy atom. The van der Waals surface area contributed by atoms with Gasteiger partial charge in [-0.2, -0.15) is 0 Å². The number of carbonyl (C=O) groups excluding carboxylic acids is 2. The van der Waals surface area contributed by atoms with Crippen LogP contribution in [0.15, 0.2) is 24.3 Å².